The second-order valence-corrected chi connectivity index (χ2v) is 3.31. The van der Waals surface area contributed by atoms with E-state index in [-0.39, 0.29) is 16.5 Å². The molecule has 1 aromatic heterocycles. The van der Waals surface area contributed by atoms with Crippen LogP contribution in [0.15, 0.2) is 24.3 Å². The summed E-state index contributed by atoms with van der Waals surface area (Å²) >= 11 is 5.86. The lowest BCUT2D eigenvalue weighted by Crippen LogP contribution is -1.80. The Labute approximate surface area is 89.9 Å². The molecule has 0 saturated carbocycles. The van der Waals surface area contributed by atoms with Gasteiger partial charge >= 0.3 is 0 Å². The number of hydrogen-bond donors (Lipinski definition) is 1. The molecular formula is C10H6ClFN2O. The lowest BCUT2D eigenvalue weighted by atomic mass is 10.1. The van der Waals surface area contributed by atoms with Crippen molar-refractivity contribution >= 4 is 17.9 Å². The molecule has 2 rings (SSSR count). The van der Waals surface area contributed by atoms with Crippen LogP contribution in [0.2, 0.25) is 5.02 Å². The van der Waals surface area contributed by atoms with Gasteiger partial charge < -0.3 is 0 Å². The van der Waals surface area contributed by atoms with E-state index in [2.05, 4.69) is 10.2 Å². The molecule has 15 heavy (non-hydrogen) atoms. The Morgan fingerprint density at radius 1 is 1.47 bits per heavy atom. The third-order valence-electron chi connectivity index (χ3n) is 1.95. The van der Waals surface area contributed by atoms with Gasteiger partial charge in [0.25, 0.3) is 0 Å². The van der Waals surface area contributed by atoms with Gasteiger partial charge in [-0.05, 0) is 12.1 Å². The maximum Gasteiger partial charge on any atom is 0.169 e. The summed E-state index contributed by atoms with van der Waals surface area (Å²) < 4.78 is 12.9. The summed E-state index contributed by atoms with van der Waals surface area (Å²) in [6.45, 7) is 0. The molecule has 0 aliphatic rings. The number of aromatic nitrogens is 2. The number of carbonyl (C=O) groups is 1. The van der Waals surface area contributed by atoms with Crippen LogP contribution in [0.1, 0.15) is 10.5 Å². The fourth-order valence-corrected chi connectivity index (χ4v) is 1.49. The normalized spacial score (nSPS) is 10.3. The Hall–Kier alpha value is -1.68. The molecule has 0 unspecified atom stereocenters. The molecule has 0 saturated heterocycles. The van der Waals surface area contributed by atoms with E-state index in [1.807, 2.05) is 0 Å². The van der Waals surface area contributed by atoms with Crippen molar-refractivity contribution < 1.29 is 9.18 Å². The number of rotatable bonds is 2. The minimum absolute atomic E-state index is 0.191. The molecule has 0 spiro atoms. The first-order chi connectivity index (χ1) is 7.22. The molecule has 0 bridgehead atoms. The number of benzene rings is 1. The van der Waals surface area contributed by atoms with Gasteiger partial charge in [0.1, 0.15) is 17.2 Å². The first-order valence-corrected chi connectivity index (χ1v) is 4.55. The number of carbonyl (C=O) groups excluding carboxylic acids is 1. The lowest BCUT2D eigenvalue weighted by molar-refractivity contribution is 0.111. The molecule has 0 aliphatic carbocycles. The van der Waals surface area contributed by atoms with Crippen LogP contribution in [0, 0.1) is 5.82 Å². The van der Waals surface area contributed by atoms with Crippen LogP contribution in [-0.2, 0) is 0 Å². The third-order valence-corrected chi connectivity index (χ3v) is 2.33. The van der Waals surface area contributed by atoms with Gasteiger partial charge in [-0.1, -0.05) is 23.7 Å². The van der Waals surface area contributed by atoms with Gasteiger partial charge in [0, 0.05) is 5.56 Å². The van der Waals surface area contributed by atoms with Crippen LogP contribution >= 0.6 is 11.6 Å². The van der Waals surface area contributed by atoms with E-state index < -0.39 is 0 Å². The Morgan fingerprint density at radius 3 is 2.87 bits per heavy atom. The van der Waals surface area contributed by atoms with E-state index in [1.165, 1.54) is 12.1 Å². The predicted molar refractivity (Wildman–Crippen MR) is 54.4 cm³/mol. The second-order valence-electron chi connectivity index (χ2n) is 2.93. The molecule has 5 heteroatoms. The topological polar surface area (TPSA) is 45.8 Å². The van der Waals surface area contributed by atoms with Gasteiger partial charge in [0.2, 0.25) is 0 Å². The summed E-state index contributed by atoms with van der Waals surface area (Å²) in [4.78, 5) is 10.5. The van der Waals surface area contributed by atoms with E-state index in [0.29, 0.717) is 17.5 Å². The van der Waals surface area contributed by atoms with Gasteiger partial charge in [-0.15, -0.1) is 0 Å². The molecular weight excluding hydrogens is 219 g/mol. The first-order valence-electron chi connectivity index (χ1n) is 4.17. The average Bonchev–Trinajstić information content (AvgIpc) is 2.59. The molecule has 0 aliphatic heterocycles. The van der Waals surface area contributed by atoms with E-state index in [1.54, 1.807) is 12.1 Å². The Kier molecular flexibility index (Phi) is 2.51. The fourth-order valence-electron chi connectivity index (χ4n) is 1.25. The molecule has 0 radical (unpaired) electrons. The van der Waals surface area contributed by atoms with Crippen LogP contribution in [-0.4, -0.2) is 16.5 Å². The van der Waals surface area contributed by atoms with Gasteiger partial charge in [-0.3, -0.25) is 9.89 Å². The van der Waals surface area contributed by atoms with Crippen molar-refractivity contribution in [3.63, 3.8) is 0 Å². The second kappa shape index (κ2) is 3.82. The van der Waals surface area contributed by atoms with E-state index in [0.717, 1.165) is 0 Å². The summed E-state index contributed by atoms with van der Waals surface area (Å²) in [5, 5.41) is 6.52. The fraction of sp³-hybridized carbons (Fsp3) is 0. The highest BCUT2D eigenvalue weighted by atomic mass is 35.5. The molecule has 76 valence electrons. The number of aldehydes is 1. The van der Waals surface area contributed by atoms with Crippen molar-refractivity contribution in [3.8, 4) is 11.3 Å². The zero-order chi connectivity index (χ0) is 10.8. The highest BCUT2D eigenvalue weighted by Gasteiger charge is 2.12. The smallest absolute Gasteiger partial charge is 0.169 e. The first kappa shape index (κ1) is 9.86. The van der Waals surface area contributed by atoms with Crippen molar-refractivity contribution in [2.45, 2.75) is 0 Å². The molecule has 3 nitrogen and oxygen atoms in total. The standard InChI is InChI=1S/C10H6ClFN2O/c11-9-8(5-15)13-14-10(9)6-2-1-3-7(12)4-6/h1-5H,(H,13,14). The molecule has 0 fully saturated rings. The van der Waals surface area contributed by atoms with E-state index in [9.17, 15) is 9.18 Å². The van der Waals surface area contributed by atoms with Crippen molar-refractivity contribution in [3.05, 3.63) is 40.8 Å². The van der Waals surface area contributed by atoms with Crippen molar-refractivity contribution in [2.75, 3.05) is 0 Å². The van der Waals surface area contributed by atoms with Gasteiger partial charge in [-0.25, -0.2) is 4.39 Å². The average molecular weight is 225 g/mol. The maximum atomic E-state index is 12.9. The van der Waals surface area contributed by atoms with Gasteiger partial charge in [-0.2, -0.15) is 5.10 Å². The number of hydrogen-bond acceptors (Lipinski definition) is 2. The number of H-pyrrole nitrogens is 1. The quantitative estimate of drug-likeness (QED) is 0.798. The molecule has 1 heterocycles. The van der Waals surface area contributed by atoms with Crippen LogP contribution < -0.4 is 0 Å². The summed E-state index contributed by atoms with van der Waals surface area (Å²) in [5.41, 5.74) is 1.10. The number of halogens is 2. The number of nitrogens with one attached hydrogen (secondary N) is 1. The van der Waals surface area contributed by atoms with E-state index in [4.69, 9.17) is 11.6 Å². The highest BCUT2D eigenvalue weighted by molar-refractivity contribution is 6.35. The number of nitrogens with zero attached hydrogens (tertiary/aromatic N) is 1. The molecule has 0 atom stereocenters. The highest BCUT2D eigenvalue weighted by Crippen LogP contribution is 2.27. The summed E-state index contributed by atoms with van der Waals surface area (Å²) in [7, 11) is 0. The van der Waals surface area contributed by atoms with Crippen molar-refractivity contribution in [2.24, 2.45) is 0 Å². The molecule has 0 amide bonds. The van der Waals surface area contributed by atoms with Crippen LogP contribution in [0.5, 0.6) is 0 Å². The van der Waals surface area contributed by atoms with E-state index >= 15 is 0 Å². The summed E-state index contributed by atoms with van der Waals surface area (Å²) in [6.07, 6.45) is 0.568. The monoisotopic (exact) mass is 224 g/mol. The Bertz CT molecular complexity index is 510. The summed E-state index contributed by atoms with van der Waals surface area (Å²) in [6, 6.07) is 5.84. The zero-order valence-electron chi connectivity index (χ0n) is 7.50. The lowest BCUT2D eigenvalue weighted by Gasteiger charge is -1.96. The largest absolute Gasteiger partial charge is 0.296 e. The molecule has 1 N–H and O–H groups in total. The van der Waals surface area contributed by atoms with Crippen LogP contribution in [0.25, 0.3) is 11.3 Å². The molecule has 1 aromatic carbocycles. The zero-order valence-corrected chi connectivity index (χ0v) is 8.25. The minimum atomic E-state index is -0.376. The summed E-state index contributed by atoms with van der Waals surface area (Å²) in [5.74, 6) is -0.376. The number of aromatic amines is 1. The Balaban J connectivity index is 2.54. The van der Waals surface area contributed by atoms with Gasteiger partial charge in [0.15, 0.2) is 6.29 Å². The molecule has 2 aromatic rings. The van der Waals surface area contributed by atoms with Crippen LogP contribution in [0.3, 0.4) is 0 Å². The minimum Gasteiger partial charge on any atom is -0.296 e. The van der Waals surface area contributed by atoms with Crippen LogP contribution in [0.4, 0.5) is 4.39 Å². The SMILES string of the molecule is O=Cc1[nH]nc(-c2cccc(F)c2)c1Cl. The Morgan fingerprint density at radius 2 is 2.27 bits per heavy atom. The van der Waals surface area contributed by atoms with Crippen molar-refractivity contribution in [1.29, 1.82) is 0 Å². The van der Waals surface area contributed by atoms with Gasteiger partial charge in [0.05, 0.1) is 5.02 Å². The maximum absolute atomic E-state index is 12.9. The van der Waals surface area contributed by atoms with Crippen molar-refractivity contribution in [1.82, 2.24) is 10.2 Å². The predicted octanol–water partition coefficient (Wildman–Crippen LogP) is 2.68. The third kappa shape index (κ3) is 1.76.